The van der Waals surface area contributed by atoms with Crippen molar-refractivity contribution in [3.8, 4) is 0 Å². The van der Waals surface area contributed by atoms with Gasteiger partial charge in [-0.05, 0) is 28.7 Å². The van der Waals surface area contributed by atoms with E-state index in [9.17, 15) is 19.6 Å². The first-order valence-corrected chi connectivity index (χ1v) is 7.95. The highest BCUT2D eigenvalue weighted by Crippen LogP contribution is 2.71. The zero-order valence-corrected chi connectivity index (χ0v) is 11.1. The van der Waals surface area contributed by atoms with Crippen LogP contribution < -0.4 is 0 Å². The normalized spacial score (nSPS) is 19.9. The lowest BCUT2D eigenvalue weighted by molar-refractivity contribution is 0.445. The molecule has 0 bridgehead atoms. The second-order valence-electron chi connectivity index (χ2n) is 4.31. The molecule has 0 saturated heterocycles. The van der Waals surface area contributed by atoms with E-state index in [-0.39, 0.29) is 0 Å². The third kappa shape index (κ3) is 1.42. The van der Waals surface area contributed by atoms with Crippen LogP contribution >= 0.6 is 16.8 Å². The molecule has 18 heavy (non-hydrogen) atoms. The van der Waals surface area contributed by atoms with E-state index in [1.54, 1.807) is 12.2 Å². The van der Waals surface area contributed by atoms with Gasteiger partial charge in [0.25, 0.3) is 0 Å². The first kappa shape index (κ1) is 12.4. The summed E-state index contributed by atoms with van der Waals surface area (Å²) in [6.45, 7) is 0. The molecule has 0 fully saturated rings. The predicted molar refractivity (Wildman–Crippen MR) is 72.5 cm³/mol. The molecule has 0 saturated carbocycles. The van der Waals surface area contributed by atoms with Crippen molar-refractivity contribution < 1.29 is 19.6 Å². The van der Waals surface area contributed by atoms with Crippen LogP contribution in [0, 0.1) is 0 Å². The highest BCUT2D eigenvalue weighted by atomic mass is 31.2. The van der Waals surface area contributed by atoms with Gasteiger partial charge in [-0.15, -0.1) is 0 Å². The van der Waals surface area contributed by atoms with Crippen LogP contribution in [-0.2, 0) is 0 Å². The number of benzene rings is 1. The fraction of sp³-hybridized carbons (Fsp3) is 0.167. The van der Waals surface area contributed by atoms with Crippen molar-refractivity contribution in [2.45, 2.75) is 11.3 Å². The first-order valence-electron chi connectivity index (χ1n) is 5.46. The number of hydrogen-bond acceptors (Lipinski definition) is 4. The zero-order chi connectivity index (χ0) is 12.9. The third-order valence-corrected chi connectivity index (χ3v) is 6.51. The monoisotopic (exact) mass is 282 g/mol. The third-order valence-electron chi connectivity index (χ3n) is 3.47. The summed E-state index contributed by atoms with van der Waals surface area (Å²) < 4.78 is 0. The van der Waals surface area contributed by atoms with Crippen molar-refractivity contribution in [2.75, 3.05) is 0 Å². The van der Waals surface area contributed by atoms with Crippen molar-refractivity contribution >= 4 is 27.9 Å². The van der Waals surface area contributed by atoms with E-state index in [0.717, 1.165) is 16.7 Å². The Morgan fingerprint density at radius 1 is 0.944 bits per heavy atom. The maximum absolute atomic E-state index is 9.68. The summed E-state index contributed by atoms with van der Waals surface area (Å²) >= 11 is 0. The van der Waals surface area contributed by atoms with E-state index in [0.29, 0.717) is 12.0 Å². The highest BCUT2D eigenvalue weighted by molar-refractivity contribution is 7.67. The second-order valence-corrected chi connectivity index (χ2v) is 7.23. The number of hydrogen-bond donors (Lipinski definition) is 4. The van der Waals surface area contributed by atoms with Crippen LogP contribution in [0.1, 0.15) is 17.5 Å². The molecule has 1 aromatic rings. The first-order chi connectivity index (χ1) is 8.59. The van der Waals surface area contributed by atoms with Crippen molar-refractivity contribution in [1.29, 1.82) is 0 Å². The van der Waals surface area contributed by atoms with Crippen LogP contribution in [0.15, 0.2) is 36.4 Å². The summed E-state index contributed by atoms with van der Waals surface area (Å²) in [7, 11) is -4.99. The lowest BCUT2D eigenvalue weighted by atomic mass is 9.75. The van der Waals surface area contributed by atoms with Gasteiger partial charge in [-0.25, -0.2) is 0 Å². The largest absolute Gasteiger partial charge is 0.349 e. The van der Waals surface area contributed by atoms with E-state index in [2.05, 4.69) is 0 Å². The van der Waals surface area contributed by atoms with Gasteiger partial charge < -0.3 is 19.6 Å². The molecular weight excluding hydrogens is 270 g/mol. The van der Waals surface area contributed by atoms with Crippen molar-refractivity contribution in [3.05, 3.63) is 47.5 Å². The topological polar surface area (TPSA) is 80.9 Å². The molecule has 0 aromatic heterocycles. The molecule has 2 aliphatic carbocycles. The molecule has 94 valence electrons. The van der Waals surface area contributed by atoms with Crippen LogP contribution in [0.25, 0.3) is 11.1 Å². The summed E-state index contributed by atoms with van der Waals surface area (Å²) in [4.78, 5) is 37.3. The average molecular weight is 282 g/mol. The molecular formula is C12H12O4P2. The van der Waals surface area contributed by atoms with Crippen LogP contribution in [0.2, 0.25) is 0 Å². The van der Waals surface area contributed by atoms with E-state index in [1.165, 1.54) is 0 Å². The van der Waals surface area contributed by atoms with Gasteiger partial charge in [-0.2, -0.15) is 0 Å². The van der Waals surface area contributed by atoms with Crippen LogP contribution in [0.3, 0.4) is 0 Å². The Bertz CT molecular complexity index is 555. The molecule has 0 unspecified atom stereocenters. The minimum atomic E-state index is -2.50. The lowest BCUT2D eigenvalue weighted by Crippen LogP contribution is -2.31. The molecule has 4 N–H and O–H groups in total. The van der Waals surface area contributed by atoms with Gasteiger partial charge >= 0.3 is 0 Å². The van der Waals surface area contributed by atoms with E-state index >= 15 is 0 Å². The molecule has 0 radical (unpaired) electrons. The van der Waals surface area contributed by atoms with Gasteiger partial charge in [0.15, 0.2) is 21.6 Å². The summed E-state index contributed by atoms with van der Waals surface area (Å²) in [5, 5.41) is 0. The van der Waals surface area contributed by atoms with Gasteiger partial charge in [0, 0.05) is 0 Å². The van der Waals surface area contributed by atoms with Crippen LogP contribution in [0.4, 0.5) is 0 Å². The van der Waals surface area contributed by atoms with Crippen LogP contribution in [-0.4, -0.2) is 24.5 Å². The SMILES string of the molecule is OP(O)C1(P(O)O)C=CCC2=C1c1ccccc12. The Kier molecular flexibility index (Phi) is 2.91. The fourth-order valence-corrected chi connectivity index (χ4v) is 4.70. The maximum atomic E-state index is 9.68. The number of fused-ring (bicyclic) bond motifs is 3. The molecule has 0 spiro atoms. The quantitative estimate of drug-likeness (QED) is 0.495. The molecule has 6 heteroatoms. The Hall–Kier alpha value is -0.600. The molecule has 0 amide bonds. The minimum Gasteiger partial charge on any atom is -0.349 e. The maximum Gasteiger partial charge on any atom is 0.190 e. The average Bonchev–Trinajstić information content (AvgIpc) is 2.34. The van der Waals surface area contributed by atoms with Gasteiger partial charge in [0.05, 0.1) is 0 Å². The van der Waals surface area contributed by atoms with Gasteiger partial charge in [0.1, 0.15) is 0 Å². The summed E-state index contributed by atoms with van der Waals surface area (Å²) in [6.07, 6.45) is 4.01. The number of allylic oxidation sites excluding steroid dienone is 4. The molecule has 0 atom stereocenters. The molecule has 0 heterocycles. The van der Waals surface area contributed by atoms with Crippen molar-refractivity contribution in [1.82, 2.24) is 0 Å². The van der Waals surface area contributed by atoms with E-state index in [1.807, 2.05) is 24.3 Å². The van der Waals surface area contributed by atoms with Gasteiger partial charge in [-0.3, -0.25) is 0 Å². The predicted octanol–water partition coefficient (Wildman–Crippen LogP) is 2.16. The molecule has 4 nitrogen and oxygen atoms in total. The summed E-state index contributed by atoms with van der Waals surface area (Å²) in [5.41, 5.74) is 3.63. The smallest absolute Gasteiger partial charge is 0.190 e. The highest BCUT2D eigenvalue weighted by Gasteiger charge is 2.53. The van der Waals surface area contributed by atoms with Crippen LogP contribution in [0.5, 0.6) is 0 Å². The fourth-order valence-electron chi connectivity index (χ4n) is 2.67. The lowest BCUT2D eigenvalue weighted by Gasteiger charge is -2.43. The summed E-state index contributed by atoms with van der Waals surface area (Å²) in [5.74, 6) is 0. The Morgan fingerprint density at radius 3 is 2.17 bits per heavy atom. The Balaban J connectivity index is 2.19. The Labute approximate surface area is 107 Å². The molecule has 3 rings (SSSR count). The molecule has 2 aliphatic rings. The minimum absolute atomic E-state index is 0.688. The molecule has 0 aliphatic heterocycles. The second kappa shape index (κ2) is 4.21. The van der Waals surface area contributed by atoms with E-state index in [4.69, 9.17) is 0 Å². The van der Waals surface area contributed by atoms with Crippen molar-refractivity contribution in [2.24, 2.45) is 0 Å². The zero-order valence-electron chi connectivity index (χ0n) is 9.35. The van der Waals surface area contributed by atoms with Crippen molar-refractivity contribution in [3.63, 3.8) is 0 Å². The summed E-state index contributed by atoms with van der Waals surface area (Å²) in [6, 6.07) is 7.62. The molecule has 1 aromatic carbocycles. The van der Waals surface area contributed by atoms with Gasteiger partial charge in [0.2, 0.25) is 0 Å². The standard InChI is InChI=1S/C12H12O4P2/c13-17(14)12(18(15)16)7-3-6-10-8-4-1-2-5-9(8)11(10)12/h1-5,7,13-16H,6H2. The van der Waals surface area contributed by atoms with E-state index < -0.39 is 21.6 Å². The number of rotatable bonds is 2. The van der Waals surface area contributed by atoms with Gasteiger partial charge in [-0.1, -0.05) is 36.4 Å². The Morgan fingerprint density at radius 2 is 1.56 bits per heavy atom.